The van der Waals surface area contributed by atoms with Gasteiger partial charge in [0.15, 0.2) is 5.82 Å². The van der Waals surface area contributed by atoms with Crippen LogP contribution >= 0.6 is 0 Å². The van der Waals surface area contributed by atoms with E-state index >= 15 is 0 Å². The van der Waals surface area contributed by atoms with Crippen LogP contribution < -0.4 is 11.1 Å². The van der Waals surface area contributed by atoms with Crippen LogP contribution in [-0.4, -0.2) is 26.7 Å². The van der Waals surface area contributed by atoms with E-state index < -0.39 is 0 Å². The molecule has 1 unspecified atom stereocenters. The first kappa shape index (κ1) is 10.6. The van der Waals surface area contributed by atoms with Gasteiger partial charge in [-0.05, 0) is 6.42 Å². The highest BCUT2D eigenvalue weighted by Crippen LogP contribution is 1.93. The molecule has 0 fully saturated rings. The zero-order chi connectivity index (χ0) is 10.6. The highest BCUT2D eigenvalue weighted by molar-refractivity contribution is 5.79. The van der Waals surface area contributed by atoms with Gasteiger partial charge in [-0.1, -0.05) is 6.92 Å². The molecule has 0 spiro atoms. The van der Waals surface area contributed by atoms with E-state index in [0.29, 0.717) is 18.8 Å². The van der Waals surface area contributed by atoms with Crippen LogP contribution in [-0.2, 0) is 18.4 Å². The lowest BCUT2D eigenvalue weighted by molar-refractivity contribution is -0.120. The predicted molar refractivity (Wildman–Crippen MR) is 51.1 cm³/mol. The van der Waals surface area contributed by atoms with Crippen molar-refractivity contribution in [2.45, 2.75) is 25.9 Å². The smallest absolute Gasteiger partial charge is 0.234 e. The molecule has 6 heteroatoms. The number of aromatic nitrogens is 3. The Morgan fingerprint density at radius 2 is 2.50 bits per heavy atom. The molecule has 1 aromatic heterocycles. The van der Waals surface area contributed by atoms with Gasteiger partial charge in [0.1, 0.15) is 6.33 Å². The molecule has 14 heavy (non-hydrogen) atoms. The Labute approximate surface area is 82.5 Å². The van der Waals surface area contributed by atoms with Crippen molar-refractivity contribution in [1.82, 2.24) is 20.1 Å². The monoisotopic (exact) mass is 197 g/mol. The molecule has 1 heterocycles. The van der Waals surface area contributed by atoms with Gasteiger partial charge in [0.05, 0.1) is 12.6 Å². The van der Waals surface area contributed by atoms with E-state index in [2.05, 4.69) is 15.4 Å². The first-order valence-corrected chi connectivity index (χ1v) is 4.50. The SMILES string of the molecule is CCC(NCc1ncn(C)n1)C(N)=O. The number of nitrogens with two attached hydrogens (primary N) is 1. The van der Waals surface area contributed by atoms with Crippen LogP contribution in [0.4, 0.5) is 0 Å². The molecule has 0 bridgehead atoms. The number of primary amides is 1. The van der Waals surface area contributed by atoms with E-state index in [4.69, 9.17) is 5.73 Å². The second-order valence-corrected chi connectivity index (χ2v) is 3.08. The topological polar surface area (TPSA) is 85.8 Å². The summed E-state index contributed by atoms with van der Waals surface area (Å²) in [5.74, 6) is 0.315. The second-order valence-electron chi connectivity index (χ2n) is 3.08. The normalized spacial score (nSPS) is 12.7. The predicted octanol–water partition coefficient (Wildman–Crippen LogP) is -0.831. The Bertz CT molecular complexity index is 308. The summed E-state index contributed by atoms with van der Waals surface area (Å²) in [6.07, 6.45) is 2.28. The molecule has 0 saturated carbocycles. The fraction of sp³-hybridized carbons (Fsp3) is 0.625. The Kier molecular flexibility index (Phi) is 3.58. The van der Waals surface area contributed by atoms with Crippen molar-refractivity contribution in [2.24, 2.45) is 12.8 Å². The summed E-state index contributed by atoms with van der Waals surface area (Å²) < 4.78 is 1.61. The molecule has 1 rings (SSSR count). The summed E-state index contributed by atoms with van der Waals surface area (Å²) in [5.41, 5.74) is 5.17. The highest BCUT2D eigenvalue weighted by Gasteiger charge is 2.12. The maximum atomic E-state index is 10.9. The molecular formula is C8H15N5O. The largest absolute Gasteiger partial charge is 0.368 e. The first-order chi connectivity index (χ1) is 6.63. The number of nitrogens with zero attached hydrogens (tertiary/aromatic N) is 3. The van der Waals surface area contributed by atoms with Crippen molar-refractivity contribution < 1.29 is 4.79 Å². The number of rotatable bonds is 5. The van der Waals surface area contributed by atoms with Crippen molar-refractivity contribution >= 4 is 5.91 Å². The van der Waals surface area contributed by atoms with E-state index in [1.807, 2.05) is 6.92 Å². The van der Waals surface area contributed by atoms with E-state index in [9.17, 15) is 4.79 Å². The number of carbonyl (C=O) groups excluding carboxylic acids is 1. The molecular weight excluding hydrogens is 182 g/mol. The van der Waals surface area contributed by atoms with Crippen LogP contribution in [0.1, 0.15) is 19.2 Å². The molecule has 3 N–H and O–H groups in total. The minimum Gasteiger partial charge on any atom is -0.368 e. The summed E-state index contributed by atoms with van der Waals surface area (Å²) in [6, 6.07) is -0.307. The third-order valence-corrected chi connectivity index (χ3v) is 1.91. The molecule has 0 saturated heterocycles. The molecule has 0 aliphatic carbocycles. The Morgan fingerprint density at radius 1 is 1.79 bits per heavy atom. The average Bonchev–Trinajstić information content (AvgIpc) is 2.52. The van der Waals surface area contributed by atoms with Crippen LogP contribution in [0.5, 0.6) is 0 Å². The summed E-state index contributed by atoms with van der Waals surface area (Å²) in [5, 5.41) is 7.05. The summed E-state index contributed by atoms with van der Waals surface area (Å²) >= 11 is 0. The maximum absolute atomic E-state index is 10.9. The molecule has 0 aliphatic heterocycles. The van der Waals surface area contributed by atoms with Gasteiger partial charge in [-0.15, -0.1) is 0 Å². The van der Waals surface area contributed by atoms with Gasteiger partial charge in [0.2, 0.25) is 5.91 Å². The Morgan fingerprint density at radius 3 is 2.93 bits per heavy atom. The van der Waals surface area contributed by atoms with Gasteiger partial charge in [-0.3, -0.25) is 14.8 Å². The van der Waals surface area contributed by atoms with Crippen molar-refractivity contribution in [3.05, 3.63) is 12.2 Å². The lowest BCUT2D eigenvalue weighted by Crippen LogP contribution is -2.40. The number of hydrogen-bond donors (Lipinski definition) is 2. The molecule has 0 radical (unpaired) electrons. The van der Waals surface area contributed by atoms with Gasteiger partial charge in [-0.25, -0.2) is 4.98 Å². The van der Waals surface area contributed by atoms with Gasteiger partial charge in [-0.2, -0.15) is 5.10 Å². The minimum absolute atomic E-state index is 0.307. The number of hydrogen-bond acceptors (Lipinski definition) is 4. The van der Waals surface area contributed by atoms with Crippen LogP contribution in [0.2, 0.25) is 0 Å². The van der Waals surface area contributed by atoms with Gasteiger partial charge >= 0.3 is 0 Å². The van der Waals surface area contributed by atoms with Crippen LogP contribution in [0.3, 0.4) is 0 Å². The fourth-order valence-electron chi connectivity index (χ4n) is 1.13. The summed E-state index contributed by atoms with van der Waals surface area (Å²) in [6.45, 7) is 2.36. The highest BCUT2D eigenvalue weighted by atomic mass is 16.1. The summed E-state index contributed by atoms with van der Waals surface area (Å²) in [7, 11) is 1.79. The fourth-order valence-corrected chi connectivity index (χ4v) is 1.13. The number of nitrogens with one attached hydrogen (secondary N) is 1. The van der Waals surface area contributed by atoms with Crippen molar-refractivity contribution in [3.63, 3.8) is 0 Å². The van der Waals surface area contributed by atoms with E-state index in [1.54, 1.807) is 18.1 Å². The van der Waals surface area contributed by atoms with Gasteiger partial charge in [0.25, 0.3) is 0 Å². The van der Waals surface area contributed by atoms with Crippen molar-refractivity contribution in [1.29, 1.82) is 0 Å². The molecule has 78 valence electrons. The third kappa shape index (κ3) is 2.81. The lowest BCUT2D eigenvalue weighted by atomic mass is 10.2. The first-order valence-electron chi connectivity index (χ1n) is 4.50. The Hall–Kier alpha value is -1.43. The lowest BCUT2D eigenvalue weighted by Gasteiger charge is -2.10. The van der Waals surface area contributed by atoms with Crippen LogP contribution in [0.15, 0.2) is 6.33 Å². The molecule has 1 amide bonds. The minimum atomic E-state index is -0.344. The zero-order valence-electron chi connectivity index (χ0n) is 8.40. The van der Waals surface area contributed by atoms with Crippen LogP contribution in [0.25, 0.3) is 0 Å². The van der Waals surface area contributed by atoms with Gasteiger partial charge < -0.3 is 5.73 Å². The number of aryl methyl sites for hydroxylation is 1. The molecule has 0 aromatic carbocycles. The number of carbonyl (C=O) groups is 1. The molecule has 1 atom stereocenters. The van der Waals surface area contributed by atoms with Gasteiger partial charge in [0, 0.05) is 7.05 Å². The van der Waals surface area contributed by atoms with E-state index in [1.165, 1.54) is 0 Å². The molecule has 0 aliphatic rings. The third-order valence-electron chi connectivity index (χ3n) is 1.91. The average molecular weight is 197 g/mol. The molecule has 6 nitrogen and oxygen atoms in total. The van der Waals surface area contributed by atoms with Crippen molar-refractivity contribution in [3.8, 4) is 0 Å². The zero-order valence-corrected chi connectivity index (χ0v) is 8.40. The second kappa shape index (κ2) is 4.71. The standard InChI is InChI=1S/C8H15N5O/c1-3-6(8(9)14)10-4-7-11-5-13(2)12-7/h5-6,10H,3-4H2,1-2H3,(H2,9,14). The van der Waals surface area contributed by atoms with E-state index in [0.717, 1.165) is 0 Å². The van der Waals surface area contributed by atoms with Crippen LogP contribution in [0, 0.1) is 0 Å². The quantitative estimate of drug-likeness (QED) is 0.645. The summed E-state index contributed by atoms with van der Waals surface area (Å²) in [4.78, 5) is 14.9. The Balaban J connectivity index is 2.43. The maximum Gasteiger partial charge on any atom is 0.234 e. The van der Waals surface area contributed by atoms with E-state index in [-0.39, 0.29) is 11.9 Å². The number of amides is 1. The molecule has 1 aromatic rings. The van der Waals surface area contributed by atoms with Crippen molar-refractivity contribution in [2.75, 3.05) is 0 Å².